The molecule has 0 heterocycles. The molecule has 0 saturated heterocycles. The third kappa shape index (κ3) is 17.1. The first-order chi connectivity index (χ1) is 15.1. The summed E-state index contributed by atoms with van der Waals surface area (Å²) in [6.07, 6.45) is 23.0. The summed E-state index contributed by atoms with van der Waals surface area (Å²) in [5, 5.41) is 0. The molecule has 0 rings (SSSR count). The summed E-state index contributed by atoms with van der Waals surface area (Å²) in [6, 6.07) is 0. The molecule has 0 nitrogen and oxygen atoms in total. The largest absolute Gasteiger partial charge is 0.126 e. The van der Waals surface area contributed by atoms with E-state index in [1.165, 1.54) is 102 Å². The van der Waals surface area contributed by atoms with Gasteiger partial charge in [-0.3, -0.25) is 0 Å². The van der Waals surface area contributed by atoms with Crippen LogP contribution >= 0.6 is 0 Å². The van der Waals surface area contributed by atoms with E-state index in [1.54, 1.807) is 0 Å². The highest BCUT2D eigenvalue weighted by molar-refractivity contribution is 4.99. The van der Waals surface area contributed by atoms with E-state index in [9.17, 15) is 0 Å². The van der Waals surface area contributed by atoms with Gasteiger partial charge >= 0.3 is 0 Å². The summed E-state index contributed by atoms with van der Waals surface area (Å²) in [4.78, 5) is 0. The topological polar surface area (TPSA) is 0 Å². The van der Waals surface area contributed by atoms with Crippen molar-refractivity contribution in [3.05, 3.63) is 17.4 Å². The van der Waals surface area contributed by atoms with Crippen LogP contribution in [-0.4, -0.2) is 0 Å². The van der Waals surface area contributed by atoms with Gasteiger partial charge in [0.2, 0.25) is 0 Å². The predicted octanol–water partition coefficient (Wildman–Crippen LogP) is 11.5. The van der Waals surface area contributed by atoms with Crippen LogP contribution in [0.15, 0.2) is 17.4 Å². The van der Waals surface area contributed by atoms with Crippen LogP contribution < -0.4 is 0 Å². The van der Waals surface area contributed by atoms with Gasteiger partial charge in [0, 0.05) is 0 Å². The molecule has 4 atom stereocenters. The maximum atomic E-state index is 3.62. The van der Waals surface area contributed by atoms with Crippen LogP contribution in [0.1, 0.15) is 159 Å². The molecule has 0 aromatic rings. The zero-order valence-corrected chi connectivity index (χ0v) is 24.0. The average Bonchev–Trinajstić information content (AvgIpc) is 2.76. The van der Waals surface area contributed by atoms with E-state index in [1.807, 2.05) is 0 Å². The summed E-state index contributed by atoms with van der Waals surface area (Å²) >= 11 is 0. The molecule has 0 radical (unpaired) electrons. The van der Waals surface area contributed by atoms with Crippen molar-refractivity contribution in [2.45, 2.75) is 159 Å². The SMILES string of the molecule is CCCCC(C)CCCCCCC(C)CCC(C)=C=CC(C)CCCC(C)(C)C(C)CC. The molecule has 4 unspecified atom stereocenters. The standard InChI is InChI=1S/C32H62/c1-10-12-18-27(3)19-15-13-14-16-20-28(4)22-24-30(6)25-23-29(5)21-17-26-32(8,9)31(7)11-2/h23,27-29,31H,10-22,24,26H2,1-9H3. The van der Waals surface area contributed by atoms with Crippen molar-refractivity contribution < 1.29 is 0 Å². The second kappa shape index (κ2) is 18.9. The lowest BCUT2D eigenvalue weighted by Crippen LogP contribution is -2.21. The van der Waals surface area contributed by atoms with E-state index >= 15 is 0 Å². The fraction of sp³-hybridized carbons (Fsp3) is 0.906. The molecular weight excluding hydrogens is 384 g/mol. The number of unbranched alkanes of at least 4 members (excludes halogenated alkanes) is 4. The molecule has 32 heavy (non-hydrogen) atoms. The van der Waals surface area contributed by atoms with Crippen molar-refractivity contribution in [1.29, 1.82) is 0 Å². The maximum absolute atomic E-state index is 3.62. The number of rotatable bonds is 20. The Hall–Kier alpha value is -0.480. The summed E-state index contributed by atoms with van der Waals surface area (Å²) in [5.41, 5.74) is 5.55. The van der Waals surface area contributed by atoms with Gasteiger partial charge in [-0.15, -0.1) is 5.73 Å². The summed E-state index contributed by atoms with van der Waals surface area (Å²) < 4.78 is 0. The zero-order valence-electron chi connectivity index (χ0n) is 24.0. The molecule has 0 aliphatic heterocycles. The van der Waals surface area contributed by atoms with E-state index in [0.29, 0.717) is 11.3 Å². The Morgan fingerprint density at radius 1 is 0.750 bits per heavy atom. The van der Waals surface area contributed by atoms with Crippen molar-refractivity contribution in [3.8, 4) is 0 Å². The van der Waals surface area contributed by atoms with Crippen LogP contribution in [0.2, 0.25) is 0 Å². The van der Waals surface area contributed by atoms with Gasteiger partial charge in [-0.1, -0.05) is 126 Å². The summed E-state index contributed by atoms with van der Waals surface area (Å²) in [7, 11) is 0. The molecule has 0 amide bonds. The van der Waals surface area contributed by atoms with E-state index in [4.69, 9.17) is 0 Å². The Morgan fingerprint density at radius 3 is 1.88 bits per heavy atom. The second-order valence-corrected chi connectivity index (χ2v) is 12.1. The van der Waals surface area contributed by atoms with Gasteiger partial charge in [-0.2, -0.15) is 0 Å². The van der Waals surface area contributed by atoms with E-state index in [-0.39, 0.29) is 0 Å². The fourth-order valence-corrected chi connectivity index (χ4v) is 4.76. The van der Waals surface area contributed by atoms with Gasteiger partial charge in [0.15, 0.2) is 0 Å². The smallest absolute Gasteiger partial charge is 0.0186 e. The molecule has 190 valence electrons. The first kappa shape index (κ1) is 31.5. The minimum Gasteiger partial charge on any atom is -0.126 e. The van der Waals surface area contributed by atoms with Crippen LogP contribution in [0.3, 0.4) is 0 Å². The number of allylic oxidation sites excluding steroid dienone is 1. The van der Waals surface area contributed by atoms with Crippen LogP contribution in [-0.2, 0) is 0 Å². The molecular formula is C32H62. The molecule has 0 N–H and O–H groups in total. The van der Waals surface area contributed by atoms with Crippen molar-refractivity contribution in [2.75, 3.05) is 0 Å². The van der Waals surface area contributed by atoms with E-state index in [2.05, 4.69) is 74.1 Å². The first-order valence-corrected chi connectivity index (χ1v) is 14.5. The maximum Gasteiger partial charge on any atom is -0.0186 e. The van der Waals surface area contributed by atoms with E-state index in [0.717, 1.165) is 17.8 Å². The second-order valence-electron chi connectivity index (χ2n) is 12.1. The minimum atomic E-state index is 0.479. The highest BCUT2D eigenvalue weighted by atomic mass is 14.3. The Bertz CT molecular complexity index is 490. The van der Waals surface area contributed by atoms with Crippen molar-refractivity contribution in [1.82, 2.24) is 0 Å². The van der Waals surface area contributed by atoms with Gasteiger partial charge in [0.05, 0.1) is 0 Å². The van der Waals surface area contributed by atoms with E-state index < -0.39 is 0 Å². The van der Waals surface area contributed by atoms with Crippen LogP contribution in [0.5, 0.6) is 0 Å². The monoisotopic (exact) mass is 446 g/mol. The molecule has 0 aromatic carbocycles. The minimum absolute atomic E-state index is 0.479. The quantitative estimate of drug-likeness (QED) is 0.129. The van der Waals surface area contributed by atoms with Crippen molar-refractivity contribution in [2.24, 2.45) is 29.1 Å². The lowest BCUT2D eigenvalue weighted by atomic mass is 9.74. The van der Waals surface area contributed by atoms with Crippen molar-refractivity contribution >= 4 is 0 Å². The first-order valence-electron chi connectivity index (χ1n) is 14.5. The Morgan fingerprint density at radius 2 is 1.31 bits per heavy atom. The third-order valence-electron chi connectivity index (χ3n) is 8.25. The Kier molecular flexibility index (Phi) is 18.6. The molecule has 0 saturated carbocycles. The molecule has 0 aliphatic carbocycles. The zero-order chi connectivity index (χ0) is 24.4. The highest BCUT2D eigenvalue weighted by Gasteiger charge is 2.23. The van der Waals surface area contributed by atoms with Gasteiger partial charge in [0.25, 0.3) is 0 Å². The summed E-state index contributed by atoms with van der Waals surface area (Å²) in [5.74, 6) is 3.27. The Labute approximate surface area is 205 Å². The van der Waals surface area contributed by atoms with Gasteiger partial charge in [-0.25, -0.2) is 0 Å². The highest BCUT2D eigenvalue weighted by Crippen LogP contribution is 2.34. The average molecular weight is 447 g/mol. The van der Waals surface area contributed by atoms with Crippen LogP contribution in [0.4, 0.5) is 0 Å². The fourth-order valence-electron chi connectivity index (χ4n) is 4.76. The predicted molar refractivity (Wildman–Crippen MR) is 148 cm³/mol. The third-order valence-corrected chi connectivity index (χ3v) is 8.25. The molecule has 0 aliphatic rings. The number of hydrogen-bond donors (Lipinski definition) is 0. The van der Waals surface area contributed by atoms with Gasteiger partial charge in [0.1, 0.15) is 0 Å². The van der Waals surface area contributed by atoms with Crippen LogP contribution in [0.25, 0.3) is 0 Å². The molecule has 0 bridgehead atoms. The molecule has 0 aromatic heterocycles. The molecule has 0 fully saturated rings. The van der Waals surface area contributed by atoms with Gasteiger partial charge in [-0.05, 0) is 73.3 Å². The normalized spacial score (nSPS) is 15.7. The van der Waals surface area contributed by atoms with Crippen LogP contribution in [0, 0.1) is 29.1 Å². The lowest BCUT2D eigenvalue weighted by molar-refractivity contribution is 0.197. The Balaban J connectivity index is 3.95. The lowest BCUT2D eigenvalue weighted by Gasteiger charge is -2.31. The number of hydrogen-bond acceptors (Lipinski definition) is 0. The van der Waals surface area contributed by atoms with Gasteiger partial charge < -0.3 is 0 Å². The summed E-state index contributed by atoms with van der Waals surface area (Å²) in [6.45, 7) is 21.5. The molecule has 0 heteroatoms. The van der Waals surface area contributed by atoms with Crippen molar-refractivity contribution in [3.63, 3.8) is 0 Å². The molecule has 0 spiro atoms.